The summed E-state index contributed by atoms with van der Waals surface area (Å²) in [5, 5.41) is 2.25. The highest BCUT2D eigenvalue weighted by Crippen LogP contribution is 2.35. The number of ether oxygens (including phenoxy) is 3. The van der Waals surface area contributed by atoms with Crippen molar-refractivity contribution in [2.75, 3.05) is 12.0 Å². The average molecular weight is 739 g/mol. The van der Waals surface area contributed by atoms with Crippen LogP contribution in [0.15, 0.2) is 101 Å². The van der Waals surface area contributed by atoms with E-state index in [0.29, 0.717) is 41.7 Å². The summed E-state index contributed by atoms with van der Waals surface area (Å²) >= 11 is 5.52. The van der Waals surface area contributed by atoms with E-state index in [1.807, 2.05) is 54.6 Å². The molecule has 212 valence electrons. The quantitative estimate of drug-likeness (QED) is 0.114. The standard InChI is InChI=1S/C32H24BrIN2O6/c1-40-28-17-22(16-27(34)29(28)42-19-20-5-3-2-4-6-20)15-26-30(37)35-32(39)36(31(26)38)24-11-13-25(14-12-24)41-18-21-7-9-23(33)10-8-21/h2-17H,18-19H2,1H3,(H,35,37,39)/b26-15+. The van der Waals surface area contributed by atoms with Crippen molar-refractivity contribution in [1.29, 1.82) is 0 Å². The van der Waals surface area contributed by atoms with Crippen LogP contribution in [-0.4, -0.2) is 25.0 Å². The molecule has 4 aromatic rings. The number of benzene rings is 4. The molecule has 42 heavy (non-hydrogen) atoms. The predicted octanol–water partition coefficient (Wildman–Crippen LogP) is 6.89. The lowest BCUT2D eigenvalue weighted by molar-refractivity contribution is -0.122. The molecule has 1 saturated heterocycles. The second kappa shape index (κ2) is 13.2. The Hall–Kier alpha value is -4.16. The van der Waals surface area contributed by atoms with Gasteiger partial charge in [0, 0.05) is 4.47 Å². The molecule has 0 aromatic heterocycles. The summed E-state index contributed by atoms with van der Waals surface area (Å²) in [6.07, 6.45) is 1.43. The Bertz CT molecular complexity index is 1660. The summed E-state index contributed by atoms with van der Waals surface area (Å²) in [5.74, 6) is 0.0251. The minimum Gasteiger partial charge on any atom is -0.493 e. The number of urea groups is 1. The first kappa shape index (κ1) is 29.3. The number of methoxy groups -OCH3 is 1. The number of rotatable bonds is 9. The summed E-state index contributed by atoms with van der Waals surface area (Å²) in [5.41, 5.74) is 2.63. The van der Waals surface area contributed by atoms with Gasteiger partial charge in [-0.25, -0.2) is 9.69 Å². The molecule has 8 nitrogen and oxygen atoms in total. The Morgan fingerprint density at radius 3 is 2.21 bits per heavy atom. The number of imide groups is 2. The number of anilines is 1. The van der Waals surface area contributed by atoms with Gasteiger partial charge in [-0.05, 0) is 93.9 Å². The predicted molar refractivity (Wildman–Crippen MR) is 170 cm³/mol. The Morgan fingerprint density at radius 1 is 0.857 bits per heavy atom. The van der Waals surface area contributed by atoms with Crippen LogP contribution in [0.5, 0.6) is 17.2 Å². The Labute approximate surface area is 264 Å². The highest BCUT2D eigenvalue weighted by atomic mass is 127. The molecule has 1 heterocycles. The second-order valence-corrected chi connectivity index (χ2v) is 11.3. The molecular formula is C32H24BrIN2O6. The largest absolute Gasteiger partial charge is 0.493 e. The van der Waals surface area contributed by atoms with Crippen molar-refractivity contribution < 1.29 is 28.6 Å². The molecule has 0 radical (unpaired) electrons. The molecule has 0 unspecified atom stereocenters. The Balaban J connectivity index is 1.34. The topological polar surface area (TPSA) is 94.2 Å². The number of hydrogen-bond acceptors (Lipinski definition) is 6. The number of nitrogens with one attached hydrogen (secondary N) is 1. The highest BCUT2D eigenvalue weighted by Gasteiger charge is 2.37. The van der Waals surface area contributed by atoms with E-state index < -0.39 is 17.8 Å². The molecule has 10 heteroatoms. The number of amides is 4. The number of carbonyl (C=O) groups excluding carboxylic acids is 3. The van der Waals surface area contributed by atoms with Crippen LogP contribution in [0.25, 0.3) is 6.08 Å². The first-order valence-corrected chi connectivity index (χ1v) is 14.6. The lowest BCUT2D eigenvalue weighted by Gasteiger charge is -2.26. The fourth-order valence-corrected chi connectivity index (χ4v) is 5.24. The van der Waals surface area contributed by atoms with Crippen LogP contribution in [0.1, 0.15) is 16.7 Å². The molecule has 1 N–H and O–H groups in total. The van der Waals surface area contributed by atoms with Crippen LogP contribution in [-0.2, 0) is 22.8 Å². The van der Waals surface area contributed by atoms with E-state index in [0.717, 1.165) is 24.1 Å². The molecule has 1 fully saturated rings. The molecule has 5 rings (SSSR count). The highest BCUT2D eigenvalue weighted by molar-refractivity contribution is 14.1. The molecule has 4 aromatic carbocycles. The van der Waals surface area contributed by atoms with E-state index >= 15 is 0 Å². The van der Waals surface area contributed by atoms with E-state index in [2.05, 4.69) is 43.8 Å². The van der Waals surface area contributed by atoms with Crippen molar-refractivity contribution in [2.24, 2.45) is 0 Å². The zero-order valence-corrected chi connectivity index (χ0v) is 26.0. The van der Waals surface area contributed by atoms with Gasteiger partial charge in [0.1, 0.15) is 24.5 Å². The Kier molecular flexibility index (Phi) is 9.23. The van der Waals surface area contributed by atoms with Crippen LogP contribution < -0.4 is 24.4 Å². The van der Waals surface area contributed by atoms with Gasteiger partial charge in [0.15, 0.2) is 11.5 Å². The van der Waals surface area contributed by atoms with E-state index in [9.17, 15) is 14.4 Å². The summed E-state index contributed by atoms with van der Waals surface area (Å²) in [4.78, 5) is 39.8. The van der Waals surface area contributed by atoms with E-state index in [-0.39, 0.29) is 5.57 Å². The van der Waals surface area contributed by atoms with Crippen LogP contribution in [0.3, 0.4) is 0 Å². The monoisotopic (exact) mass is 738 g/mol. The average Bonchev–Trinajstić information content (AvgIpc) is 2.99. The normalized spacial score (nSPS) is 14.1. The zero-order chi connectivity index (χ0) is 29.6. The maximum absolute atomic E-state index is 13.4. The van der Waals surface area contributed by atoms with E-state index in [1.54, 1.807) is 36.4 Å². The van der Waals surface area contributed by atoms with Gasteiger partial charge < -0.3 is 14.2 Å². The molecule has 0 spiro atoms. The summed E-state index contributed by atoms with van der Waals surface area (Å²) in [6.45, 7) is 0.704. The van der Waals surface area contributed by atoms with Gasteiger partial charge in [-0.15, -0.1) is 0 Å². The maximum Gasteiger partial charge on any atom is 0.335 e. The van der Waals surface area contributed by atoms with Gasteiger partial charge in [0.25, 0.3) is 11.8 Å². The minimum absolute atomic E-state index is 0.194. The molecule has 1 aliphatic heterocycles. The van der Waals surface area contributed by atoms with Crippen LogP contribution in [0.4, 0.5) is 10.5 Å². The van der Waals surface area contributed by atoms with Crippen molar-refractivity contribution in [3.63, 3.8) is 0 Å². The van der Waals surface area contributed by atoms with Gasteiger partial charge in [-0.3, -0.25) is 14.9 Å². The lowest BCUT2D eigenvalue weighted by Crippen LogP contribution is -2.54. The third kappa shape index (κ3) is 6.82. The fourth-order valence-electron chi connectivity index (χ4n) is 4.19. The third-order valence-corrected chi connectivity index (χ3v) is 7.63. The van der Waals surface area contributed by atoms with Crippen molar-refractivity contribution in [2.45, 2.75) is 13.2 Å². The van der Waals surface area contributed by atoms with Crippen molar-refractivity contribution in [1.82, 2.24) is 5.32 Å². The van der Waals surface area contributed by atoms with Crippen LogP contribution in [0.2, 0.25) is 0 Å². The molecule has 0 aliphatic carbocycles. The first-order chi connectivity index (χ1) is 20.3. The van der Waals surface area contributed by atoms with E-state index in [1.165, 1.54) is 13.2 Å². The Morgan fingerprint density at radius 2 is 1.52 bits per heavy atom. The molecular weight excluding hydrogens is 715 g/mol. The number of hydrogen-bond donors (Lipinski definition) is 1. The maximum atomic E-state index is 13.4. The number of carbonyl (C=O) groups is 3. The summed E-state index contributed by atoms with van der Waals surface area (Å²) < 4.78 is 19.1. The second-order valence-electron chi connectivity index (χ2n) is 9.18. The lowest BCUT2D eigenvalue weighted by atomic mass is 10.1. The van der Waals surface area contributed by atoms with Crippen molar-refractivity contribution >= 4 is 68.1 Å². The number of barbiturate groups is 1. The van der Waals surface area contributed by atoms with Gasteiger partial charge >= 0.3 is 6.03 Å². The smallest absolute Gasteiger partial charge is 0.335 e. The summed E-state index contributed by atoms with van der Waals surface area (Å²) in [7, 11) is 1.52. The van der Waals surface area contributed by atoms with Gasteiger partial charge in [0.2, 0.25) is 0 Å². The molecule has 1 aliphatic rings. The number of halogens is 2. The minimum atomic E-state index is -0.831. The zero-order valence-electron chi connectivity index (χ0n) is 22.3. The van der Waals surface area contributed by atoms with Gasteiger partial charge in [-0.1, -0.05) is 58.4 Å². The van der Waals surface area contributed by atoms with Crippen LogP contribution in [0, 0.1) is 3.57 Å². The number of nitrogens with zero attached hydrogens (tertiary/aromatic N) is 1. The van der Waals surface area contributed by atoms with Crippen LogP contribution >= 0.6 is 38.5 Å². The molecule has 0 saturated carbocycles. The third-order valence-electron chi connectivity index (χ3n) is 6.30. The molecule has 0 bridgehead atoms. The molecule has 4 amide bonds. The van der Waals surface area contributed by atoms with E-state index in [4.69, 9.17) is 14.2 Å². The SMILES string of the molecule is COc1cc(/C=C2\C(=O)NC(=O)N(c3ccc(OCc4ccc(Br)cc4)cc3)C2=O)cc(I)c1OCc1ccccc1. The van der Waals surface area contributed by atoms with Gasteiger partial charge in [-0.2, -0.15) is 0 Å². The molecule has 0 atom stereocenters. The van der Waals surface area contributed by atoms with Crippen molar-refractivity contribution in [3.05, 3.63) is 121 Å². The fraction of sp³-hybridized carbons (Fsp3) is 0.0938. The summed E-state index contributed by atoms with van der Waals surface area (Å²) in [6, 6.07) is 26.6. The van der Waals surface area contributed by atoms with Gasteiger partial charge in [0.05, 0.1) is 16.4 Å². The first-order valence-electron chi connectivity index (χ1n) is 12.8. The van der Waals surface area contributed by atoms with Crippen molar-refractivity contribution in [3.8, 4) is 17.2 Å².